The molecule has 2 N–H and O–H groups in total. The topological polar surface area (TPSA) is 67.1 Å². The average Bonchev–Trinajstić information content (AvgIpc) is 2.84. The van der Waals surface area contributed by atoms with Gasteiger partial charge < -0.3 is 10.4 Å². The van der Waals surface area contributed by atoms with E-state index in [1.165, 1.54) is 11.8 Å². The van der Waals surface area contributed by atoms with E-state index in [1.54, 1.807) is 16.8 Å². The van der Waals surface area contributed by atoms with Crippen LogP contribution in [0.1, 0.15) is 22.1 Å². The Morgan fingerprint density at radius 1 is 1.27 bits per heavy atom. The standard InChI is InChI=1S/C19H16ClN3O2S/c1-11-17-18(12-7-8-15(24)14(20)9-12)26-10-16(25)21-19(17)23(22-11)13-5-3-2-4-6-13/h2-9,18,24H,10H2,1H3,(H,21,25)/t18-/m0/s1. The predicted octanol–water partition coefficient (Wildman–Crippen LogP) is 4.31. The van der Waals surface area contributed by atoms with Gasteiger partial charge in [0.2, 0.25) is 5.91 Å². The van der Waals surface area contributed by atoms with Gasteiger partial charge in [-0.1, -0.05) is 35.9 Å². The van der Waals surface area contributed by atoms with Gasteiger partial charge in [-0.2, -0.15) is 5.10 Å². The van der Waals surface area contributed by atoms with Crippen molar-refractivity contribution in [3.8, 4) is 11.4 Å². The zero-order valence-corrected chi connectivity index (χ0v) is 15.5. The third-order valence-electron chi connectivity index (χ3n) is 4.28. The molecule has 2 aromatic carbocycles. The van der Waals surface area contributed by atoms with E-state index >= 15 is 0 Å². The van der Waals surface area contributed by atoms with Gasteiger partial charge in [-0.15, -0.1) is 11.8 Å². The minimum atomic E-state index is -0.112. The lowest BCUT2D eigenvalue weighted by atomic mass is 10.0. The van der Waals surface area contributed by atoms with E-state index in [0.717, 1.165) is 22.5 Å². The van der Waals surface area contributed by atoms with Crippen LogP contribution < -0.4 is 5.32 Å². The van der Waals surface area contributed by atoms with Crippen LogP contribution in [0.15, 0.2) is 48.5 Å². The minimum absolute atomic E-state index is 0.0418. The number of nitrogens with zero attached hydrogens (tertiary/aromatic N) is 2. The summed E-state index contributed by atoms with van der Waals surface area (Å²) in [6, 6.07) is 14.9. The Morgan fingerprint density at radius 3 is 2.77 bits per heavy atom. The number of anilines is 1. The zero-order valence-electron chi connectivity index (χ0n) is 13.9. The number of aryl methyl sites for hydroxylation is 1. The number of phenolic OH excluding ortho intramolecular Hbond substituents is 1. The first-order valence-electron chi connectivity index (χ1n) is 8.09. The van der Waals surface area contributed by atoms with Gasteiger partial charge in [-0.05, 0) is 36.8 Å². The van der Waals surface area contributed by atoms with Crippen molar-refractivity contribution in [1.82, 2.24) is 9.78 Å². The third-order valence-corrected chi connectivity index (χ3v) is 5.86. The summed E-state index contributed by atoms with van der Waals surface area (Å²) in [5.74, 6) is 0.977. The van der Waals surface area contributed by atoms with E-state index in [1.807, 2.05) is 43.3 Å². The number of thioether (sulfide) groups is 1. The van der Waals surface area contributed by atoms with Gasteiger partial charge in [0.05, 0.1) is 27.4 Å². The molecule has 0 saturated carbocycles. The summed E-state index contributed by atoms with van der Waals surface area (Å²) in [6.45, 7) is 1.94. The minimum Gasteiger partial charge on any atom is -0.506 e. The molecule has 0 saturated heterocycles. The number of hydrogen-bond donors (Lipinski definition) is 2. The van der Waals surface area contributed by atoms with Crippen LogP contribution in [-0.2, 0) is 4.79 Å². The summed E-state index contributed by atoms with van der Waals surface area (Å²) in [5.41, 5.74) is 3.59. The lowest BCUT2D eigenvalue weighted by Gasteiger charge is -2.16. The quantitative estimate of drug-likeness (QED) is 0.689. The number of aromatic hydroxyl groups is 1. The molecule has 2 heterocycles. The molecule has 0 spiro atoms. The van der Waals surface area contributed by atoms with Crippen molar-refractivity contribution in [1.29, 1.82) is 0 Å². The average molecular weight is 386 g/mol. The van der Waals surface area contributed by atoms with Crippen LogP contribution in [0.2, 0.25) is 5.02 Å². The van der Waals surface area contributed by atoms with Gasteiger partial charge in [-0.3, -0.25) is 4.79 Å². The highest BCUT2D eigenvalue weighted by atomic mass is 35.5. The first-order valence-corrected chi connectivity index (χ1v) is 9.52. The highest BCUT2D eigenvalue weighted by molar-refractivity contribution is 8.00. The number of rotatable bonds is 2. The van der Waals surface area contributed by atoms with Gasteiger partial charge in [0, 0.05) is 5.56 Å². The van der Waals surface area contributed by atoms with Crippen molar-refractivity contribution in [3.63, 3.8) is 0 Å². The number of nitrogens with one attached hydrogen (secondary N) is 1. The van der Waals surface area contributed by atoms with Crippen LogP contribution >= 0.6 is 23.4 Å². The lowest BCUT2D eigenvalue weighted by molar-refractivity contribution is -0.113. The maximum Gasteiger partial charge on any atom is 0.235 e. The van der Waals surface area contributed by atoms with E-state index < -0.39 is 0 Å². The van der Waals surface area contributed by atoms with E-state index in [-0.39, 0.29) is 16.9 Å². The first-order chi connectivity index (χ1) is 12.5. The number of amides is 1. The van der Waals surface area contributed by atoms with Crippen molar-refractivity contribution in [2.45, 2.75) is 12.2 Å². The third kappa shape index (κ3) is 2.95. The second kappa shape index (κ2) is 6.70. The highest BCUT2D eigenvalue weighted by Gasteiger charge is 2.30. The monoisotopic (exact) mass is 385 g/mol. The fraction of sp³-hybridized carbons (Fsp3) is 0.158. The van der Waals surface area contributed by atoms with Gasteiger partial charge in [0.1, 0.15) is 11.6 Å². The summed E-state index contributed by atoms with van der Waals surface area (Å²) >= 11 is 7.63. The van der Waals surface area contributed by atoms with Crippen LogP contribution in [0.25, 0.3) is 5.69 Å². The first kappa shape index (κ1) is 17.0. The molecule has 5 nitrogen and oxygen atoms in total. The number of para-hydroxylation sites is 1. The molecule has 1 aromatic heterocycles. The summed E-state index contributed by atoms with van der Waals surface area (Å²) in [6.07, 6.45) is 0. The molecular formula is C19H16ClN3O2S. The molecule has 0 fully saturated rings. The normalized spacial score (nSPS) is 16.7. The van der Waals surface area contributed by atoms with Crippen molar-refractivity contribution < 1.29 is 9.90 Å². The summed E-state index contributed by atoms with van der Waals surface area (Å²) < 4.78 is 1.77. The van der Waals surface area contributed by atoms with Gasteiger partial charge in [0.15, 0.2) is 0 Å². The molecular weight excluding hydrogens is 370 g/mol. The maximum atomic E-state index is 12.3. The number of fused-ring (bicyclic) bond motifs is 1. The van der Waals surface area contributed by atoms with E-state index in [0.29, 0.717) is 16.6 Å². The van der Waals surface area contributed by atoms with E-state index in [2.05, 4.69) is 10.4 Å². The molecule has 132 valence electrons. The smallest absolute Gasteiger partial charge is 0.235 e. The number of phenols is 1. The summed E-state index contributed by atoms with van der Waals surface area (Å²) in [5, 5.41) is 17.6. The van der Waals surface area contributed by atoms with Crippen molar-refractivity contribution in [2.75, 3.05) is 11.1 Å². The predicted molar refractivity (Wildman–Crippen MR) is 104 cm³/mol. The Kier molecular flexibility index (Phi) is 4.38. The Balaban J connectivity index is 1.89. The largest absolute Gasteiger partial charge is 0.506 e. The fourth-order valence-electron chi connectivity index (χ4n) is 3.09. The Labute approximate surface area is 160 Å². The number of hydrogen-bond acceptors (Lipinski definition) is 4. The fourth-order valence-corrected chi connectivity index (χ4v) is 4.46. The van der Waals surface area contributed by atoms with Crippen molar-refractivity contribution >= 4 is 35.1 Å². The van der Waals surface area contributed by atoms with E-state index in [4.69, 9.17) is 11.6 Å². The second-order valence-electron chi connectivity index (χ2n) is 6.05. The Hall–Kier alpha value is -2.44. The molecule has 0 aliphatic carbocycles. The molecule has 4 rings (SSSR count). The molecule has 3 aromatic rings. The molecule has 1 atom stereocenters. The Bertz CT molecular complexity index is 988. The van der Waals surface area contributed by atoms with Crippen LogP contribution in [0, 0.1) is 6.92 Å². The molecule has 0 radical (unpaired) electrons. The van der Waals surface area contributed by atoms with Gasteiger partial charge in [0.25, 0.3) is 0 Å². The Morgan fingerprint density at radius 2 is 2.04 bits per heavy atom. The number of halogens is 1. The number of carbonyl (C=O) groups is 1. The zero-order chi connectivity index (χ0) is 18.3. The van der Waals surface area contributed by atoms with Crippen molar-refractivity contribution in [2.24, 2.45) is 0 Å². The molecule has 7 heteroatoms. The molecule has 26 heavy (non-hydrogen) atoms. The lowest BCUT2D eigenvalue weighted by Crippen LogP contribution is -2.15. The molecule has 1 aliphatic heterocycles. The number of aromatic nitrogens is 2. The van der Waals surface area contributed by atoms with Crippen LogP contribution in [0.3, 0.4) is 0 Å². The van der Waals surface area contributed by atoms with Crippen molar-refractivity contribution in [3.05, 3.63) is 70.4 Å². The number of carbonyl (C=O) groups excluding carboxylic acids is 1. The molecule has 0 bridgehead atoms. The second-order valence-corrected chi connectivity index (χ2v) is 7.55. The molecule has 1 amide bonds. The molecule has 1 aliphatic rings. The van der Waals surface area contributed by atoms with Crippen LogP contribution in [-0.4, -0.2) is 26.5 Å². The maximum absolute atomic E-state index is 12.3. The van der Waals surface area contributed by atoms with Crippen LogP contribution in [0.5, 0.6) is 5.75 Å². The highest BCUT2D eigenvalue weighted by Crippen LogP contribution is 2.45. The van der Waals surface area contributed by atoms with Gasteiger partial charge in [-0.25, -0.2) is 4.68 Å². The summed E-state index contributed by atoms with van der Waals surface area (Å²) in [4.78, 5) is 12.3. The van der Waals surface area contributed by atoms with Crippen LogP contribution in [0.4, 0.5) is 5.82 Å². The molecule has 0 unspecified atom stereocenters. The number of benzene rings is 2. The van der Waals surface area contributed by atoms with Gasteiger partial charge >= 0.3 is 0 Å². The van der Waals surface area contributed by atoms with E-state index in [9.17, 15) is 9.90 Å². The SMILES string of the molecule is Cc1nn(-c2ccccc2)c2c1[C@H](c1ccc(O)c(Cl)c1)SCC(=O)N2. The summed E-state index contributed by atoms with van der Waals surface area (Å²) in [7, 11) is 0.